The summed E-state index contributed by atoms with van der Waals surface area (Å²) in [5, 5.41) is 12.4. The van der Waals surface area contributed by atoms with Crippen LogP contribution in [0.2, 0.25) is 0 Å². The van der Waals surface area contributed by atoms with Gasteiger partial charge in [-0.05, 0) is 12.8 Å². The Kier molecular flexibility index (Phi) is 3.78. The summed E-state index contributed by atoms with van der Waals surface area (Å²) < 4.78 is 0. The average molecular weight is 236 g/mol. The number of aliphatic hydroxyl groups is 1. The maximum atomic E-state index is 9.35. The van der Waals surface area contributed by atoms with Crippen molar-refractivity contribution in [3.63, 3.8) is 0 Å². The molecule has 1 aromatic rings. The Morgan fingerprint density at radius 3 is 3.00 bits per heavy atom. The van der Waals surface area contributed by atoms with E-state index in [0.29, 0.717) is 0 Å². The third kappa shape index (κ3) is 2.49. The fourth-order valence-corrected chi connectivity index (χ4v) is 2.24. The van der Waals surface area contributed by atoms with Gasteiger partial charge in [0, 0.05) is 26.1 Å². The number of nitrogens with one attached hydrogen (secondary N) is 1. The van der Waals surface area contributed by atoms with Crippen LogP contribution in [-0.4, -0.2) is 41.3 Å². The second kappa shape index (κ2) is 5.31. The highest BCUT2D eigenvalue weighted by Crippen LogP contribution is 2.25. The molecule has 0 aromatic carbocycles. The van der Waals surface area contributed by atoms with Crippen LogP contribution in [0.4, 0.5) is 11.6 Å². The van der Waals surface area contributed by atoms with E-state index in [1.54, 1.807) is 0 Å². The summed E-state index contributed by atoms with van der Waals surface area (Å²) in [7, 11) is 1.86. The molecule has 5 heteroatoms. The minimum Gasteiger partial charge on any atom is -0.394 e. The van der Waals surface area contributed by atoms with Gasteiger partial charge in [0.1, 0.15) is 17.5 Å². The normalized spacial score (nSPS) is 19.7. The Hall–Kier alpha value is -1.36. The number of rotatable bonds is 4. The zero-order valence-corrected chi connectivity index (χ0v) is 10.5. The van der Waals surface area contributed by atoms with Crippen LogP contribution < -0.4 is 10.2 Å². The molecule has 0 aliphatic carbocycles. The molecule has 2 N–H and O–H groups in total. The van der Waals surface area contributed by atoms with Gasteiger partial charge >= 0.3 is 0 Å². The van der Waals surface area contributed by atoms with Gasteiger partial charge in [0.25, 0.3) is 0 Å². The molecule has 5 nitrogen and oxygen atoms in total. The van der Waals surface area contributed by atoms with Crippen LogP contribution in [0, 0.1) is 0 Å². The van der Waals surface area contributed by atoms with E-state index < -0.39 is 0 Å². The van der Waals surface area contributed by atoms with Crippen molar-refractivity contribution in [1.29, 1.82) is 0 Å². The molecule has 1 atom stereocenters. The van der Waals surface area contributed by atoms with Crippen LogP contribution >= 0.6 is 0 Å². The molecule has 0 amide bonds. The number of aromatic nitrogens is 2. The standard InChI is InChI=1S/C12H20N4O/c1-3-10-14-11(13-2)7-12(15-10)16-6-4-5-9(16)8-17/h7,9,17H,3-6,8H2,1-2H3,(H,13,14,15). The highest BCUT2D eigenvalue weighted by molar-refractivity contribution is 5.50. The predicted octanol–water partition coefficient (Wildman–Crippen LogP) is 1.04. The maximum absolute atomic E-state index is 9.35. The first-order valence-electron chi connectivity index (χ1n) is 6.21. The van der Waals surface area contributed by atoms with Crippen molar-refractivity contribution >= 4 is 11.6 Å². The number of aliphatic hydroxyl groups excluding tert-OH is 1. The van der Waals surface area contributed by atoms with Gasteiger partial charge < -0.3 is 15.3 Å². The highest BCUT2D eigenvalue weighted by Gasteiger charge is 2.25. The molecule has 0 bridgehead atoms. The lowest BCUT2D eigenvalue weighted by molar-refractivity contribution is 0.266. The zero-order valence-electron chi connectivity index (χ0n) is 10.5. The van der Waals surface area contributed by atoms with Crippen molar-refractivity contribution in [2.24, 2.45) is 0 Å². The van der Waals surface area contributed by atoms with Gasteiger partial charge in [-0.3, -0.25) is 0 Å². The maximum Gasteiger partial charge on any atom is 0.134 e. The van der Waals surface area contributed by atoms with Crippen molar-refractivity contribution in [3.05, 3.63) is 11.9 Å². The minimum absolute atomic E-state index is 0.195. The number of hydrogen-bond donors (Lipinski definition) is 2. The summed E-state index contributed by atoms with van der Waals surface area (Å²) in [6, 6.07) is 2.16. The van der Waals surface area contributed by atoms with E-state index in [-0.39, 0.29) is 12.6 Å². The fraction of sp³-hybridized carbons (Fsp3) is 0.667. The topological polar surface area (TPSA) is 61.3 Å². The van der Waals surface area contributed by atoms with Gasteiger partial charge in [-0.1, -0.05) is 6.92 Å². The molecule has 0 radical (unpaired) electrons. The molecule has 0 spiro atoms. The largest absolute Gasteiger partial charge is 0.394 e. The number of aryl methyl sites for hydroxylation is 1. The van der Waals surface area contributed by atoms with Gasteiger partial charge in [-0.2, -0.15) is 0 Å². The third-order valence-corrected chi connectivity index (χ3v) is 3.21. The smallest absolute Gasteiger partial charge is 0.134 e. The Bertz CT molecular complexity index is 361. The van der Waals surface area contributed by atoms with Crippen LogP contribution in [-0.2, 0) is 6.42 Å². The van der Waals surface area contributed by atoms with Crippen LogP contribution in [0.25, 0.3) is 0 Å². The van der Waals surface area contributed by atoms with Crippen molar-refractivity contribution in [1.82, 2.24) is 9.97 Å². The lowest BCUT2D eigenvalue weighted by Crippen LogP contribution is -2.33. The number of nitrogens with zero attached hydrogens (tertiary/aromatic N) is 3. The van der Waals surface area contributed by atoms with Crippen LogP contribution in [0.15, 0.2) is 6.07 Å². The number of anilines is 2. The molecule has 94 valence electrons. The van der Waals surface area contributed by atoms with E-state index in [1.807, 2.05) is 20.0 Å². The average Bonchev–Trinajstić information content (AvgIpc) is 2.86. The van der Waals surface area contributed by atoms with Gasteiger partial charge in [0.2, 0.25) is 0 Å². The molecule has 2 rings (SSSR count). The summed E-state index contributed by atoms with van der Waals surface area (Å²) in [5.41, 5.74) is 0. The summed E-state index contributed by atoms with van der Waals surface area (Å²) in [6.45, 7) is 3.21. The summed E-state index contributed by atoms with van der Waals surface area (Å²) in [6.07, 6.45) is 2.97. The molecule has 1 fully saturated rings. The van der Waals surface area contributed by atoms with Crippen molar-refractivity contribution in [2.75, 3.05) is 30.4 Å². The van der Waals surface area contributed by atoms with E-state index in [0.717, 1.165) is 43.3 Å². The SMILES string of the molecule is CCc1nc(NC)cc(N2CCCC2CO)n1. The van der Waals surface area contributed by atoms with Gasteiger partial charge in [-0.25, -0.2) is 9.97 Å². The molecule has 1 aliphatic heterocycles. The van der Waals surface area contributed by atoms with Crippen molar-refractivity contribution in [3.8, 4) is 0 Å². The lowest BCUT2D eigenvalue weighted by Gasteiger charge is -2.24. The van der Waals surface area contributed by atoms with Crippen molar-refractivity contribution < 1.29 is 5.11 Å². The summed E-state index contributed by atoms with van der Waals surface area (Å²) in [4.78, 5) is 11.1. The van der Waals surface area contributed by atoms with E-state index in [9.17, 15) is 5.11 Å². The first kappa shape index (κ1) is 12.1. The Labute approximate surface area is 102 Å². The van der Waals surface area contributed by atoms with Crippen LogP contribution in [0.5, 0.6) is 0 Å². The summed E-state index contributed by atoms with van der Waals surface area (Å²) >= 11 is 0. The van der Waals surface area contributed by atoms with Crippen molar-refractivity contribution in [2.45, 2.75) is 32.2 Å². The molecule has 1 saturated heterocycles. The number of hydrogen-bond acceptors (Lipinski definition) is 5. The van der Waals surface area contributed by atoms with Gasteiger partial charge in [-0.15, -0.1) is 0 Å². The van der Waals surface area contributed by atoms with Crippen LogP contribution in [0.1, 0.15) is 25.6 Å². The predicted molar refractivity (Wildman–Crippen MR) is 68.4 cm³/mol. The Morgan fingerprint density at radius 2 is 2.35 bits per heavy atom. The molecule has 1 aliphatic rings. The molecular formula is C12H20N4O. The molecule has 0 saturated carbocycles. The third-order valence-electron chi connectivity index (χ3n) is 3.21. The molecule has 2 heterocycles. The summed E-state index contributed by atoms with van der Waals surface area (Å²) in [5.74, 6) is 2.61. The molecule has 1 aromatic heterocycles. The second-order valence-corrected chi connectivity index (χ2v) is 4.30. The molecule has 17 heavy (non-hydrogen) atoms. The van der Waals surface area contributed by atoms with E-state index >= 15 is 0 Å². The van der Waals surface area contributed by atoms with E-state index in [2.05, 4.69) is 20.2 Å². The van der Waals surface area contributed by atoms with E-state index in [1.165, 1.54) is 0 Å². The fourth-order valence-electron chi connectivity index (χ4n) is 2.24. The Balaban J connectivity index is 2.30. The zero-order chi connectivity index (χ0) is 12.3. The first-order valence-corrected chi connectivity index (χ1v) is 6.21. The minimum atomic E-state index is 0.195. The first-order chi connectivity index (χ1) is 8.28. The van der Waals surface area contributed by atoms with E-state index in [4.69, 9.17) is 0 Å². The monoisotopic (exact) mass is 236 g/mol. The highest BCUT2D eigenvalue weighted by atomic mass is 16.3. The quantitative estimate of drug-likeness (QED) is 0.818. The molecule has 1 unspecified atom stereocenters. The lowest BCUT2D eigenvalue weighted by atomic mass is 10.2. The second-order valence-electron chi connectivity index (χ2n) is 4.30. The Morgan fingerprint density at radius 1 is 1.53 bits per heavy atom. The molecular weight excluding hydrogens is 216 g/mol. The van der Waals surface area contributed by atoms with Gasteiger partial charge in [0.15, 0.2) is 0 Å². The van der Waals surface area contributed by atoms with Crippen LogP contribution in [0.3, 0.4) is 0 Å². The van der Waals surface area contributed by atoms with Gasteiger partial charge in [0.05, 0.1) is 12.6 Å².